The molecule has 1 heterocycles. The number of benzene rings is 1. The number of nitrogens with zero attached hydrogens (tertiary/aromatic N) is 1. The Morgan fingerprint density at radius 1 is 1.40 bits per heavy atom. The molecule has 2 amide bonds. The third-order valence-corrected chi connectivity index (χ3v) is 4.02. The number of piperidine rings is 1. The molecule has 1 saturated heterocycles. The molecule has 20 heavy (non-hydrogen) atoms. The standard InChI is InChI=1S/C16H24N2O2/c1-12-3-5-14(6-4-12)7-9-17-16(20)18-10-8-13(2)15(19)11-18/h3-6,13,15,19H,7-11H2,1-2H3,(H,17,20). The Morgan fingerprint density at radius 2 is 2.10 bits per heavy atom. The minimum Gasteiger partial charge on any atom is -0.391 e. The Labute approximate surface area is 120 Å². The van der Waals surface area contributed by atoms with E-state index in [1.807, 2.05) is 6.92 Å². The van der Waals surface area contributed by atoms with Crippen LogP contribution in [0.2, 0.25) is 0 Å². The molecule has 110 valence electrons. The number of carbonyl (C=O) groups excluding carboxylic acids is 1. The first kappa shape index (κ1) is 14.9. The number of β-amino-alcohol motifs (C(OH)–C–C–N with tert-alkyl or cyclic N) is 1. The van der Waals surface area contributed by atoms with Gasteiger partial charge in [0.1, 0.15) is 0 Å². The highest BCUT2D eigenvalue weighted by atomic mass is 16.3. The summed E-state index contributed by atoms with van der Waals surface area (Å²) < 4.78 is 0. The molecule has 1 aromatic rings. The largest absolute Gasteiger partial charge is 0.391 e. The smallest absolute Gasteiger partial charge is 0.317 e. The number of carbonyl (C=O) groups is 1. The zero-order valence-electron chi connectivity index (χ0n) is 12.3. The Morgan fingerprint density at radius 3 is 2.75 bits per heavy atom. The number of rotatable bonds is 3. The van der Waals surface area contributed by atoms with E-state index in [2.05, 4.69) is 36.5 Å². The molecule has 1 fully saturated rings. The van der Waals surface area contributed by atoms with Crippen LogP contribution in [0.4, 0.5) is 4.79 Å². The first-order chi connectivity index (χ1) is 9.56. The van der Waals surface area contributed by atoms with Crippen molar-refractivity contribution in [1.29, 1.82) is 0 Å². The molecule has 0 aliphatic carbocycles. The molecule has 2 N–H and O–H groups in total. The fraction of sp³-hybridized carbons (Fsp3) is 0.562. The number of hydrogen-bond donors (Lipinski definition) is 2. The molecule has 0 spiro atoms. The molecule has 1 aromatic carbocycles. The van der Waals surface area contributed by atoms with E-state index in [4.69, 9.17) is 0 Å². The predicted molar refractivity (Wildman–Crippen MR) is 79.6 cm³/mol. The number of amides is 2. The second kappa shape index (κ2) is 6.75. The van der Waals surface area contributed by atoms with E-state index in [-0.39, 0.29) is 11.9 Å². The Kier molecular flexibility index (Phi) is 5.01. The monoisotopic (exact) mass is 276 g/mol. The van der Waals surface area contributed by atoms with Crippen LogP contribution >= 0.6 is 0 Å². The van der Waals surface area contributed by atoms with E-state index in [0.717, 1.165) is 19.4 Å². The van der Waals surface area contributed by atoms with Crippen LogP contribution in [-0.4, -0.2) is 41.8 Å². The Balaban J connectivity index is 1.74. The molecule has 0 aromatic heterocycles. The zero-order chi connectivity index (χ0) is 14.5. The fourth-order valence-corrected chi connectivity index (χ4v) is 2.41. The summed E-state index contributed by atoms with van der Waals surface area (Å²) in [6, 6.07) is 8.28. The molecule has 2 rings (SSSR count). The van der Waals surface area contributed by atoms with Crippen molar-refractivity contribution in [3.63, 3.8) is 0 Å². The van der Waals surface area contributed by atoms with Gasteiger partial charge < -0.3 is 15.3 Å². The third-order valence-electron chi connectivity index (χ3n) is 4.02. The van der Waals surface area contributed by atoms with Crippen molar-refractivity contribution < 1.29 is 9.90 Å². The molecule has 0 radical (unpaired) electrons. The van der Waals surface area contributed by atoms with Gasteiger partial charge in [-0.1, -0.05) is 36.8 Å². The summed E-state index contributed by atoms with van der Waals surface area (Å²) in [4.78, 5) is 13.7. The van der Waals surface area contributed by atoms with Gasteiger partial charge in [-0.25, -0.2) is 4.79 Å². The lowest BCUT2D eigenvalue weighted by atomic mass is 9.96. The highest BCUT2D eigenvalue weighted by molar-refractivity contribution is 5.74. The highest BCUT2D eigenvalue weighted by Gasteiger charge is 2.26. The molecular formula is C16H24N2O2. The summed E-state index contributed by atoms with van der Waals surface area (Å²) in [5.74, 6) is 0.284. The zero-order valence-corrected chi connectivity index (χ0v) is 12.3. The van der Waals surface area contributed by atoms with Crippen molar-refractivity contribution in [1.82, 2.24) is 10.2 Å². The molecule has 4 heteroatoms. The van der Waals surface area contributed by atoms with Crippen molar-refractivity contribution in [3.8, 4) is 0 Å². The topological polar surface area (TPSA) is 52.6 Å². The Bertz CT molecular complexity index is 444. The van der Waals surface area contributed by atoms with Crippen LogP contribution < -0.4 is 5.32 Å². The lowest BCUT2D eigenvalue weighted by molar-refractivity contribution is 0.0436. The summed E-state index contributed by atoms with van der Waals surface area (Å²) in [7, 11) is 0. The maximum Gasteiger partial charge on any atom is 0.317 e. The molecule has 1 aliphatic heterocycles. The van der Waals surface area contributed by atoms with Crippen molar-refractivity contribution in [2.75, 3.05) is 19.6 Å². The summed E-state index contributed by atoms with van der Waals surface area (Å²) in [5.41, 5.74) is 2.47. The van der Waals surface area contributed by atoms with E-state index in [1.165, 1.54) is 11.1 Å². The maximum atomic E-state index is 12.0. The Hall–Kier alpha value is -1.55. The number of aliphatic hydroxyl groups excluding tert-OH is 1. The molecule has 1 aliphatic rings. The number of hydrogen-bond acceptors (Lipinski definition) is 2. The normalized spacial score (nSPS) is 22.6. The maximum absolute atomic E-state index is 12.0. The summed E-state index contributed by atoms with van der Waals surface area (Å²) in [5, 5.41) is 12.7. The van der Waals surface area contributed by atoms with E-state index < -0.39 is 6.10 Å². The van der Waals surface area contributed by atoms with E-state index in [0.29, 0.717) is 13.1 Å². The van der Waals surface area contributed by atoms with Crippen LogP contribution in [0.25, 0.3) is 0 Å². The number of aliphatic hydroxyl groups is 1. The number of nitrogens with one attached hydrogen (secondary N) is 1. The van der Waals surface area contributed by atoms with Crippen LogP contribution in [0, 0.1) is 12.8 Å². The van der Waals surface area contributed by atoms with Gasteiger partial charge in [0.15, 0.2) is 0 Å². The predicted octanol–water partition coefficient (Wildman–Crippen LogP) is 1.95. The van der Waals surface area contributed by atoms with Gasteiger partial charge in [0.25, 0.3) is 0 Å². The lowest BCUT2D eigenvalue weighted by Crippen LogP contribution is -2.49. The molecular weight excluding hydrogens is 252 g/mol. The summed E-state index contributed by atoms with van der Waals surface area (Å²) >= 11 is 0. The van der Waals surface area contributed by atoms with Gasteiger partial charge in [0.2, 0.25) is 0 Å². The summed E-state index contributed by atoms with van der Waals surface area (Å²) in [6.45, 7) is 5.89. The average molecular weight is 276 g/mol. The lowest BCUT2D eigenvalue weighted by Gasteiger charge is -2.34. The first-order valence-corrected chi connectivity index (χ1v) is 7.32. The highest BCUT2D eigenvalue weighted by Crippen LogP contribution is 2.16. The van der Waals surface area contributed by atoms with Crippen LogP contribution in [0.1, 0.15) is 24.5 Å². The molecule has 2 atom stereocenters. The van der Waals surface area contributed by atoms with Gasteiger partial charge in [-0.2, -0.15) is 0 Å². The first-order valence-electron chi connectivity index (χ1n) is 7.32. The average Bonchev–Trinajstić information content (AvgIpc) is 2.44. The second-order valence-electron chi connectivity index (χ2n) is 5.75. The minimum atomic E-state index is -0.397. The molecule has 0 saturated carbocycles. The van der Waals surface area contributed by atoms with E-state index in [9.17, 15) is 9.90 Å². The molecule has 0 bridgehead atoms. The second-order valence-corrected chi connectivity index (χ2v) is 5.75. The van der Waals surface area contributed by atoms with Crippen LogP contribution in [0.15, 0.2) is 24.3 Å². The molecule has 2 unspecified atom stereocenters. The quantitative estimate of drug-likeness (QED) is 0.886. The van der Waals surface area contributed by atoms with Crippen molar-refractivity contribution >= 4 is 6.03 Å². The van der Waals surface area contributed by atoms with Gasteiger partial charge >= 0.3 is 6.03 Å². The van der Waals surface area contributed by atoms with E-state index in [1.54, 1.807) is 4.90 Å². The minimum absolute atomic E-state index is 0.0666. The van der Waals surface area contributed by atoms with Gasteiger partial charge in [-0.15, -0.1) is 0 Å². The molecule has 4 nitrogen and oxygen atoms in total. The van der Waals surface area contributed by atoms with Gasteiger partial charge in [-0.3, -0.25) is 0 Å². The van der Waals surface area contributed by atoms with Crippen LogP contribution in [-0.2, 0) is 6.42 Å². The third kappa shape index (κ3) is 3.97. The number of likely N-dealkylation sites (tertiary alicyclic amines) is 1. The summed E-state index contributed by atoms with van der Waals surface area (Å²) in [6.07, 6.45) is 1.30. The van der Waals surface area contributed by atoms with Crippen molar-refractivity contribution in [2.45, 2.75) is 32.8 Å². The van der Waals surface area contributed by atoms with Gasteiger partial charge in [0.05, 0.1) is 6.10 Å². The SMILES string of the molecule is Cc1ccc(CCNC(=O)N2CCC(C)C(O)C2)cc1. The van der Waals surface area contributed by atoms with Crippen LogP contribution in [0.5, 0.6) is 0 Å². The fourth-order valence-electron chi connectivity index (χ4n) is 2.41. The van der Waals surface area contributed by atoms with Gasteiger partial charge in [-0.05, 0) is 31.2 Å². The van der Waals surface area contributed by atoms with Crippen molar-refractivity contribution in [2.24, 2.45) is 5.92 Å². The van der Waals surface area contributed by atoms with Gasteiger partial charge in [0, 0.05) is 19.6 Å². The van der Waals surface area contributed by atoms with Crippen LogP contribution in [0.3, 0.4) is 0 Å². The number of aryl methyl sites for hydroxylation is 1. The van der Waals surface area contributed by atoms with E-state index >= 15 is 0 Å². The number of urea groups is 1. The van der Waals surface area contributed by atoms with Crippen molar-refractivity contribution in [3.05, 3.63) is 35.4 Å².